The van der Waals surface area contributed by atoms with E-state index in [2.05, 4.69) is 14.6 Å². The summed E-state index contributed by atoms with van der Waals surface area (Å²) in [5, 5.41) is 4.41. The molecule has 2 N–H and O–H groups in total. The van der Waals surface area contributed by atoms with Crippen LogP contribution in [0.25, 0.3) is 0 Å². The lowest BCUT2D eigenvalue weighted by molar-refractivity contribution is 0.680. The lowest BCUT2D eigenvalue weighted by Gasteiger charge is -2.07. The van der Waals surface area contributed by atoms with E-state index in [1.165, 1.54) is 4.57 Å². The summed E-state index contributed by atoms with van der Waals surface area (Å²) in [5.74, 6) is 0. The van der Waals surface area contributed by atoms with Crippen molar-refractivity contribution in [3.63, 3.8) is 0 Å². The molecule has 2 heterocycles. The van der Waals surface area contributed by atoms with Gasteiger partial charge in [0.2, 0.25) is 0 Å². The fourth-order valence-corrected chi connectivity index (χ4v) is 1.88. The van der Waals surface area contributed by atoms with Crippen LogP contribution >= 0.6 is 11.5 Å². The van der Waals surface area contributed by atoms with E-state index in [1.807, 2.05) is 13.0 Å². The van der Waals surface area contributed by atoms with Crippen molar-refractivity contribution in [3.05, 3.63) is 33.6 Å². The summed E-state index contributed by atoms with van der Waals surface area (Å²) in [5.41, 5.74) is 7.55. The summed E-state index contributed by atoms with van der Waals surface area (Å²) in [6, 6.07) is 1.84. The van der Waals surface area contributed by atoms with Crippen LogP contribution in [-0.4, -0.2) is 19.1 Å². The van der Waals surface area contributed by atoms with E-state index in [4.69, 9.17) is 5.73 Å². The molecule has 2 aromatic heterocycles. The van der Waals surface area contributed by atoms with Gasteiger partial charge in [0.1, 0.15) is 10.7 Å². The molecule has 6 nitrogen and oxygen atoms in total. The number of nitrogens with two attached hydrogens (primary N) is 1. The zero-order chi connectivity index (χ0) is 11.7. The van der Waals surface area contributed by atoms with Gasteiger partial charge in [0.05, 0.1) is 6.54 Å². The van der Waals surface area contributed by atoms with E-state index in [0.29, 0.717) is 22.9 Å². The predicted molar refractivity (Wildman–Crippen MR) is 61.4 cm³/mol. The van der Waals surface area contributed by atoms with Crippen LogP contribution in [0.15, 0.2) is 10.9 Å². The quantitative estimate of drug-likeness (QED) is 0.814. The number of nitrogen functional groups attached to an aromatic ring is 1. The fourth-order valence-electron chi connectivity index (χ4n) is 1.44. The summed E-state index contributed by atoms with van der Waals surface area (Å²) in [6.45, 7) is 3.96. The molecular formula is C9H11N5OS. The molecule has 0 aliphatic heterocycles. The Morgan fingerprint density at radius 1 is 1.50 bits per heavy atom. The van der Waals surface area contributed by atoms with Crippen LogP contribution in [0.1, 0.15) is 17.1 Å². The summed E-state index contributed by atoms with van der Waals surface area (Å²) in [4.78, 5) is 15.5. The molecule has 2 aromatic rings. The maximum Gasteiger partial charge on any atom is 0.348 e. The highest BCUT2D eigenvalue weighted by molar-refractivity contribution is 7.09. The molecule has 16 heavy (non-hydrogen) atoms. The first-order chi connectivity index (χ1) is 7.58. The Bertz CT molecular complexity index is 574. The summed E-state index contributed by atoms with van der Waals surface area (Å²) in [7, 11) is 0. The summed E-state index contributed by atoms with van der Waals surface area (Å²) < 4.78 is 5.25. The van der Waals surface area contributed by atoms with Gasteiger partial charge in [-0.1, -0.05) is 4.49 Å². The second-order valence-corrected chi connectivity index (χ2v) is 4.28. The van der Waals surface area contributed by atoms with Gasteiger partial charge in [-0.2, -0.15) is 4.98 Å². The van der Waals surface area contributed by atoms with Crippen molar-refractivity contribution in [2.45, 2.75) is 20.4 Å². The second kappa shape index (κ2) is 4.01. The van der Waals surface area contributed by atoms with Gasteiger partial charge < -0.3 is 5.73 Å². The predicted octanol–water partition coefficient (Wildman–Crippen LogP) is 0.342. The summed E-state index contributed by atoms with van der Waals surface area (Å²) >= 11 is 1.12. The van der Waals surface area contributed by atoms with Crippen LogP contribution in [0, 0.1) is 13.8 Å². The molecule has 0 aromatic carbocycles. The largest absolute Gasteiger partial charge is 0.388 e. The molecule has 0 saturated carbocycles. The Labute approximate surface area is 95.9 Å². The van der Waals surface area contributed by atoms with E-state index in [1.54, 1.807) is 6.92 Å². The maximum atomic E-state index is 11.7. The molecule has 2 rings (SSSR count). The first-order valence-electron chi connectivity index (χ1n) is 4.69. The van der Waals surface area contributed by atoms with Crippen molar-refractivity contribution in [2.24, 2.45) is 0 Å². The van der Waals surface area contributed by atoms with Gasteiger partial charge in [0, 0.05) is 22.9 Å². The first kappa shape index (κ1) is 10.7. The molecule has 0 amide bonds. The Kier molecular flexibility index (Phi) is 2.69. The van der Waals surface area contributed by atoms with Crippen molar-refractivity contribution in [2.75, 3.05) is 5.73 Å². The molecular weight excluding hydrogens is 226 g/mol. The maximum absolute atomic E-state index is 11.7. The molecule has 0 atom stereocenters. The number of nitrogens with zero attached hydrogens (tertiary/aromatic N) is 4. The number of hydrogen-bond acceptors (Lipinski definition) is 6. The minimum absolute atomic E-state index is 0.287. The van der Waals surface area contributed by atoms with Gasteiger partial charge in [-0.25, -0.2) is 4.79 Å². The molecule has 0 spiro atoms. The van der Waals surface area contributed by atoms with Gasteiger partial charge in [-0.3, -0.25) is 4.57 Å². The van der Waals surface area contributed by atoms with Gasteiger partial charge in [-0.15, -0.1) is 5.10 Å². The Balaban J connectivity index is 2.43. The molecule has 0 saturated heterocycles. The number of aromatic nitrogens is 4. The Morgan fingerprint density at radius 2 is 2.25 bits per heavy atom. The van der Waals surface area contributed by atoms with E-state index < -0.39 is 0 Å². The third-order valence-electron chi connectivity index (χ3n) is 2.24. The molecule has 84 valence electrons. The molecule has 0 fully saturated rings. The summed E-state index contributed by atoms with van der Waals surface area (Å²) in [6.07, 6.45) is 0. The van der Waals surface area contributed by atoms with Crippen molar-refractivity contribution in [1.29, 1.82) is 0 Å². The van der Waals surface area contributed by atoms with Crippen LogP contribution in [0.4, 0.5) is 5.00 Å². The number of hydrogen-bond donors (Lipinski definition) is 1. The van der Waals surface area contributed by atoms with E-state index in [0.717, 1.165) is 17.2 Å². The van der Waals surface area contributed by atoms with E-state index in [9.17, 15) is 4.79 Å². The minimum atomic E-state index is -0.287. The highest BCUT2D eigenvalue weighted by Crippen LogP contribution is 2.13. The Morgan fingerprint density at radius 3 is 2.81 bits per heavy atom. The van der Waals surface area contributed by atoms with Crippen LogP contribution in [0.2, 0.25) is 0 Å². The first-order valence-corrected chi connectivity index (χ1v) is 5.47. The average molecular weight is 237 g/mol. The van der Waals surface area contributed by atoms with Crippen molar-refractivity contribution in [3.8, 4) is 0 Å². The minimum Gasteiger partial charge on any atom is -0.388 e. The molecule has 0 radical (unpaired) electrons. The number of anilines is 1. The highest BCUT2D eigenvalue weighted by atomic mass is 32.1. The number of rotatable bonds is 2. The van der Waals surface area contributed by atoms with Crippen LogP contribution < -0.4 is 11.4 Å². The molecule has 0 bridgehead atoms. The van der Waals surface area contributed by atoms with Crippen LogP contribution in [0.3, 0.4) is 0 Å². The second-order valence-electron chi connectivity index (χ2n) is 3.49. The van der Waals surface area contributed by atoms with E-state index >= 15 is 0 Å². The smallest absolute Gasteiger partial charge is 0.348 e. The van der Waals surface area contributed by atoms with Crippen LogP contribution in [-0.2, 0) is 6.54 Å². The van der Waals surface area contributed by atoms with Crippen LogP contribution in [0.5, 0.6) is 0 Å². The zero-order valence-corrected chi connectivity index (χ0v) is 9.78. The van der Waals surface area contributed by atoms with Gasteiger partial charge in [-0.05, 0) is 19.9 Å². The standard InChI is InChI=1S/C9H11N5OS/c1-5-3-6(2)14(9(15)11-5)4-7-8(10)16-13-12-7/h3H,4,10H2,1-2H3. The van der Waals surface area contributed by atoms with Gasteiger partial charge in [0.15, 0.2) is 0 Å². The van der Waals surface area contributed by atoms with Gasteiger partial charge in [0.25, 0.3) is 0 Å². The molecule has 0 aliphatic carbocycles. The highest BCUT2D eigenvalue weighted by Gasteiger charge is 2.09. The third kappa shape index (κ3) is 1.94. The normalized spacial score (nSPS) is 10.6. The molecule has 0 aliphatic rings. The van der Waals surface area contributed by atoms with Gasteiger partial charge >= 0.3 is 5.69 Å². The van der Waals surface area contributed by atoms with Crippen molar-refractivity contribution in [1.82, 2.24) is 19.1 Å². The number of aryl methyl sites for hydroxylation is 2. The monoisotopic (exact) mass is 237 g/mol. The molecule has 7 heteroatoms. The topological polar surface area (TPSA) is 86.7 Å². The van der Waals surface area contributed by atoms with E-state index in [-0.39, 0.29) is 5.69 Å². The lowest BCUT2D eigenvalue weighted by Crippen LogP contribution is -2.26. The van der Waals surface area contributed by atoms with Crippen molar-refractivity contribution < 1.29 is 0 Å². The Hall–Kier alpha value is -1.76. The fraction of sp³-hybridized carbons (Fsp3) is 0.333. The molecule has 0 unspecified atom stereocenters. The lowest BCUT2D eigenvalue weighted by atomic mass is 10.3. The van der Waals surface area contributed by atoms with Crippen molar-refractivity contribution >= 4 is 16.5 Å². The third-order valence-corrected chi connectivity index (χ3v) is 2.84. The average Bonchev–Trinajstić information content (AvgIpc) is 2.57. The zero-order valence-electron chi connectivity index (χ0n) is 8.97. The SMILES string of the molecule is Cc1cc(C)n(Cc2nnsc2N)c(=O)n1.